The highest BCUT2D eigenvalue weighted by atomic mass is 79.9. The van der Waals surface area contributed by atoms with Crippen LogP contribution in [-0.4, -0.2) is 10.9 Å². The highest BCUT2D eigenvalue weighted by Crippen LogP contribution is 2.20. The van der Waals surface area contributed by atoms with Gasteiger partial charge in [0.25, 0.3) is 5.91 Å². The molecule has 4 heteroatoms. The molecule has 0 fully saturated rings. The first-order chi connectivity index (χ1) is 11.7. The molecule has 1 aromatic heterocycles. The van der Waals surface area contributed by atoms with Crippen LogP contribution in [0.2, 0.25) is 0 Å². The molecule has 0 spiro atoms. The third kappa shape index (κ3) is 5.53. The van der Waals surface area contributed by atoms with Crippen molar-refractivity contribution in [3.05, 3.63) is 70.3 Å². The van der Waals surface area contributed by atoms with Gasteiger partial charge in [0.15, 0.2) is 0 Å². The van der Waals surface area contributed by atoms with Gasteiger partial charge in [0.2, 0.25) is 0 Å². The Morgan fingerprint density at radius 1 is 1.00 bits per heavy atom. The third-order valence-corrected chi connectivity index (χ3v) is 3.62. The molecule has 1 heterocycles. The van der Waals surface area contributed by atoms with Gasteiger partial charge >= 0.3 is 0 Å². The number of hydrogen-bond acceptors (Lipinski definition) is 1. The monoisotopic (exact) mass is 388 g/mol. The van der Waals surface area contributed by atoms with Gasteiger partial charge in [0.1, 0.15) is 5.69 Å². The molecule has 0 aliphatic carbocycles. The number of aromatic nitrogens is 1. The summed E-state index contributed by atoms with van der Waals surface area (Å²) in [7, 11) is 0. The van der Waals surface area contributed by atoms with E-state index < -0.39 is 0 Å². The zero-order valence-electron chi connectivity index (χ0n) is 14.7. The lowest BCUT2D eigenvalue weighted by Gasteiger charge is -2.03. The Hall–Kier alpha value is -2.07. The molecule has 0 radical (unpaired) electrons. The number of aromatic amines is 1. The molecule has 0 aliphatic rings. The van der Waals surface area contributed by atoms with E-state index in [-0.39, 0.29) is 5.91 Å². The fourth-order valence-electron chi connectivity index (χ4n) is 2.10. The molecule has 0 saturated heterocycles. The van der Waals surface area contributed by atoms with E-state index in [1.165, 1.54) is 0 Å². The van der Waals surface area contributed by atoms with E-state index in [1.807, 2.05) is 82.3 Å². The molecule has 2 aromatic carbocycles. The van der Waals surface area contributed by atoms with Crippen LogP contribution in [0.15, 0.2) is 59.1 Å². The highest BCUT2D eigenvalue weighted by Gasteiger charge is 2.09. The number of nitrogens with one attached hydrogen (secondary N) is 2. The van der Waals surface area contributed by atoms with Gasteiger partial charge in [-0.25, -0.2) is 0 Å². The standard InChI is InChI=1S/C16H13BrN2O.2C2H6/c17-13-6-7-14-12(8-13)9-15(19-14)16(20)18-10-11-4-2-1-3-5-11;2*1-2/h1-9,19H,10H2,(H,18,20);2*1-2H3. The van der Waals surface area contributed by atoms with Crippen LogP contribution < -0.4 is 5.32 Å². The molecule has 0 atom stereocenters. The molecule has 0 bridgehead atoms. The van der Waals surface area contributed by atoms with E-state index >= 15 is 0 Å². The van der Waals surface area contributed by atoms with Crippen molar-refractivity contribution < 1.29 is 4.79 Å². The lowest BCUT2D eigenvalue weighted by atomic mass is 10.2. The first kappa shape index (κ1) is 20.0. The zero-order valence-corrected chi connectivity index (χ0v) is 16.3. The maximum absolute atomic E-state index is 12.1. The van der Waals surface area contributed by atoms with Crippen molar-refractivity contribution in [2.45, 2.75) is 34.2 Å². The molecule has 3 rings (SSSR count). The van der Waals surface area contributed by atoms with E-state index in [4.69, 9.17) is 0 Å². The second-order valence-electron chi connectivity index (χ2n) is 4.58. The van der Waals surface area contributed by atoms with Crippen LogP contribution in [0.4, 0.5) is 0 Å². The SMILES string of the molecule is CC.CC.O=C(NCc1ccccc1)c1cc2cc(Br)ccc2[nH]1. The largest absolute Gasteiger partial charge is 0.351 e. The van der Waals surface area contributed by atoms with Crippen LogP contribution in [0.25, 0.3) is 10.9 Å². The normalized spacial score (nSPS) is 9.38. The molecule has 0 unspecified atom stereocenters. The minimum absolute atomic E-state index is 0.0961. The third-order valence-electron chi connectivity index (χ3n) is 3.12. The van der Waals surface area contributed by atoms with Gasteiger partial charge in [-0.05, 0) is 29.8 Å². The molecule has 0 saturated carbocycles. The number of hydrogen-bond donors (Lipinski definition) is 2. The summed E-state index contributed by atoms with van der Waals surface area (Å²) in [5.74, 6) is -0.0961. The molecule has 2 N–H and O–H groups in total. The van der Waals surface area contributed by atoms with E-state index in [1.54, 1.807) is 0 Å². The molecular weight excluding hydrogens is 364 g/mol. The summed E-state index contributed by atoms with van der Waals surface area (Å²) >= 11 is 3.43. The number of H-pyrrole nitrogens is 1. The van der Waals surface area contributed by atoms with Gasteiger partial charge in [-0.2, -0.15) is 0 Å². The van der Waals surface area contributed by atoms with Crippen LogP contribution in [0, 0.1) is 0 Å². The highest BCUT2D eigenvalue weighted by molar-refractivity contribution is 9.10. The van der Waals surface area contributed by atoms with Crippen LogP contribution in [0.5, 0.6) is 0 Å². The number of carbonyl (C=O) groups excluding carboxylic acids is 1. The van der Waals surface area contributed by atoms with Crippen molar-refractivity contribution in [3.63, 3.8) is 0 Å². The van der Waals surface area contributed by atoms with Crippen molar-refractivity contribution >= 4 is 32.7 Å². The van der Waals surface area contributed by atoms with E-state index in [0.717, 1.165) is 20.9 Å². The smallest absolute Gasteiger partial charge is 0.267 e. The van der Waals surface area contributed by atoms with Gasteiger partial charge in [-0.3, -0.25) is 4.79 Å². The summed E-state index contributed by atoms with van der Waals surface area (Å²) in [4.78, 5) is 15.2. The number of benzene rings is 2. The quantitative estimate of drug-likeness (QED) is 0.574. The molecule has 1 amide bonds. The van der Waals surface area contributed by atoms with Crippen LogP contribution in [0.3, 0.4) is 0 Å². The summed E-state index contributed by atoms with van der Waals surface area (Å²) in [6.45, 7) is 8.53. The van der Waals surface area contributed by atoms with Gasteiger partial charge in [-0.15, -0.1) is 0 Å². The maximum Gasteiger partial charge on any atom is 0.267 e. The summed E-state index contributed by atoms with van der Waals surface area (Å²) in [6.07, 6.45) is 0. The topological polar surface area (TPSA) is 44.9 Å². The molecule has 24 heavy (non-hydrogen) atoms. The minimum atomic E-state index is -0.0961. The zero-order chi connectivity index (χ0) is 17.9. The summed E-state index contributed by atoms with van der Waals surface area (Å²) in [5, 5.41) is 3.93. The van der Waals surface area contributed by atoms with Gasteiger partial charge in [0, 0.05) is 21.9 Å². The van der Waals surface area contributed by atoms with Gasteiger partial charge in [0.05, 0.1) is 0 Å². The minimum Gasteiger partial charge on any atom is -0.351 e. The lowest BCUT2D eigenvalue weighted by Crippen LogP contribution is -2.22. The number of carbonyl (C=O) groups is 1. The van der Waals surface area contributed by atoms with E-state index in [2.05, 4.69) is 26.2 Å². The van der Waals surface area contributed by atoms with Crippen molar-refractivity contribution in [1.82, 2.24) is 10.3 Å². The van der Waals surface area contributed by atoms with Crippen molar-refractivity contribution in [3.8, 4) is 0 Å². The molecule has 128 valence electrons. The predicted octanol–water partition coefficient (Wildman–Crippen LogP) is 5.91. The first-order valence-electron chi connectivity index (χ1n) is 8.33. The van der Waals surface area contributed by atoms with Gasteiger partial charge < -0.3 is 10.3 Å². The number of fused-ring (bicyclic) bond motifs is 1. The first-order valence-corrected chi connectivity index (χ1v) is 9.12. The second-order valence-corrected chi connectivity index (χ2v) is 5.50. The average molecular weight is 389 g/mol. The van der Waals surface area contributed by atoms with Crippen molar-refractivity contribution in [1.29, 1.82) is 0 Å². The Kier molecular flexibility index (Phi) is 8.87. The predicted molar refractivity (Wildman–Crippen MR) is 106 cm³/mol. The number of halogens is 1. The van der Waals surface area contributed by atoms with Gasteiger partial charge in [-0.1, -0.05) is 74.0 Å². The Labute approximate surface area is 152 Å². The molecule has 3 aromatic rings. The van der Waals surface area contributed by atoms with Crippen molar-refractivity contribution in [2.24, 2.45) is 0 Å². The number of amides is 1. The van der Waals surface area contributed by atoms with Crippen LogP contribution >= 0.6 is 15.9 Å². The van der Waals surface area contributed by atoms with Crippen LogP contribution in [0.1, 0.15) is 43.7 Å². The fraction of sp³-hybridized carbons (Fsp3) is 0.250. The lowest BCUT2D eigenvalue weighted by molar-refractivity contribution is 0.0947. The Bertz CT molecular complexity index is 751. The number of rotatable bonds is 3. The summed E-state index contributed by atoms with van der Waals surface area (Å²) in [6, 6.07) is 17.6. The fourth-order valence-corrected chi connectivity index (χ4v) is 2.48. The van der Waals surface area contributed by atoms with Crippen LogP contribution in [-0.2, 0) is 6.54 Å². The maximum atomic E-state index is 12.1. The average Bonchev–Trinajstić information content (AvgIpc) is 3.07. The Balaban J connectivity index is 0.000000671. The summed E-state index contributed by atoms with van der Waals surface area (Å²) in [5.41, 5.74) is 2.62. The molecular formula is C20H25BrN2O. The van der Waals surface area contributed by atoms with Crippen molar-refractivity contribution in [2.75, 3.05) is 0 Å². The molecule has 0 aliphatic heterocycles. The Morgan fingerprint density at radius 3 is 2.33 bits per heavy atom. The van der Waals surface area contributed by atoms with E-state index in [9.17, 15) is 4.79 Å². The second kappa shape index (κ2) is 10.7. The van der Waals surface area contributed by atoms with E-state index in [0.29, 0.717) is 12.2 Å². The Morgan fingerprint density at radius 2 is 1.67 bits per heavy atom. The summed E-state index contributed by atoms with van der Waals surface area (Å²) < 4.78 is 1.00. The molecule has 3 nitrogen and oxygen atoms in total.